The number of nitrogens with two attached hydrogens (primary N) is 1. The van der Waals surface area contributed by atoms with E-state index in [1.54, 1.807) is 6.92 Å². The number of carbonyl (C=O) groups excluding carboxylic acids is 2. The third kappa shape index (κ3) is 3.69. The van der Waals surface area contributed by atoms with Crippen molar-refractivity contribution < 1.29 is 9.59 Å². The van der Waals surface area contributed by atoms with Gasteiger partial charge in [-0.3, -0.25) is 9.59 Å². The number of likely N-dealkylation sites (tertiary alicyclic amines) is 1. The average molecular weight is 471 g/mol. The van der Waals surface area contributed by atoms with Crippen LogP contribution >= 0.6 is 0 Å². The fourth-order valence-corrected chi connectivity index (χ4v) is 5.42. The lowest BCUT2D eigenvalue weighted by atomic mass is 9.72. The summed E-state index contributed by atoms with van der Waals surface area (Å²) in [6.07, 6.45) is 6.92. The molecule has 1 aromatic carbocycles. The van der Waals surface area contributed by atoms with Crippen molar-refractivity contribution >= 4 is 39.9 Å². The molecule has 8 heteroatoms. The Morgan fingerprint density at radius 3 is 2.51 bits per heavy atom. The van der Waals surface area contributed by atoms with Crippen molar-refractivity contribution in [3.8, 4) is 11.3 Å². The fourth-order valence-electron chi connectivity index (χ4n) is 5.42. The van der Waals surface area contributed by atoms with Gasteiger partial charge in [0.15, 0.2) is 0 Å². The van der Waals surface area contributed by atoms with E-state index in [2.05, 4.69) is 27.9 Å². The number of aromatic nitrogens is 3. The van der Waals surface area contributed by atoms with E-state index in [-0.39, 0.29) is 17.2 Å². The van der Waals surface area contributed by atoms with Gasteiger partial charge in [-0.2, -0.15) is 0 Å². The standard InChI is InChI=1S/C27H30N6O2/c1-16(2)25(34)31-19-7-5-18(6-8-19)22-20(21-23(28)29-15-30-24(21)33(22)4)17-9-11-27(12-10-17)13-14-32(3)26(27)35/h5-9,15H,1,10-14H2,2-4H3,(H,31,34)(H2,28,29,30)/t27-/m1/s1. The molecule has 3 N–H and O–H groups in total. The lowest BCUT2D eigenvalue weighted by Gasteiger charge is -2.31. The van der Waals surface area contributed by atoms with Gasteiger partial charge in [-0.05, 0) is 55.9 Å². The average Bonchev–Trinajstić information content (AvgIpc) is 3.30. The summed E-state index contributed by atoms with van der Waals surface area (Å²) in [6.45, 7) is 6.18. The fraction of sp³-hybridized carbons (Fsp3) is 0.333. The van der Waals surface area contributed by atoms with E-state index in [1.165, 1.54) is 11.9 Å². The van der Waals surface area contributed by atoms with Crippen LogP contribution in [-0.4, -0.2) is 44.8 Å². The smallest absolute Gasteiger partial charge is 0.250 e. The number of anilines is 2. The van der Waals surface area contributed by atoms with Crippen LogP contribution in [0.5, 0.6) is 0 Å². The SMILES string of the molecule is C=C(C)C(=O)Nc1ccc(-c2c(C3=CC[C@@]4(CC3)CCN(C)C4=O)c3c(N)ncnc3n2C)cc1. The van der Waals surface area contributed by atoms with Crippen molar-refractivity contribution in [1.29, 1.82) is 0 Å². The van der Waals surface area contributed by atoms with Gasteiger partial charge < -0.3 is 20.5 Å². The van der Waals surface area contributed by atoms with Crippen LogP contribution in [0.3, 0.4) is 0 Å². The summed E-state index contributed by atoms with van der Waals surface area (Å²) in [6, 6.07) is 7.72. The van der Waals surface area contributed by atoms with Crippen molar-refractivity contribution in [2.45, 2.75) is 32.6 Å². The molecule has 0 radical (unpaired) electrons. The van der Waals surface area contributed by atoms with Gasteiger partial charge in [-0.15, -0.1) is 0 Å². The first kappa shape index (κ1) is 22.8. The summed E-state index contributed by atoms with van der Waals surface area (Å²) >= 11 is 0. The molecule has 35 heavy (non-hydrogen) atoms. The zero-order valence-corrected chi connectivity index (χ0v) is 20.4. The number of rotatable bonds is 4. The second-order valence-electron chi connectivity index (χ2n) is 9.74. The Kier molecular flexibility index (Phi) is 5.46. The molecular weight excluding hydrogens is 440 g/mol. The summed E-state index contributed by atoms with van der Waals surface area (Å²) in [5, 5.41) is 3.68. The number of carbonyl (C=O) groups is 2. The second kappa shape index (κ2) is 8.37. The molecule has 8 nitrogen and oxygen atoms in total. The van der Waals surface area contributed by atoms with E-state index in [1.807, 2.05) is 47.8 Å². The molecule has 3 heterocycles. The first-order valence-corrected chi connectivity index (χ1v) is 11.8. The van der Waals surface area contributed by atoms with Gasteiger partial charge in [0.2, 0.25) is 5.91 Å². The number of nitrogen functional groups attached to an aromatic ring is 1. The number of hydrogen-bond donors (Lipinski definition) is 2. The maximum absolute atomic E-state index is 12.9. The Balaban J connectivity index is 1.60. The molecule has 0 saturated carbocycles. The number of nitrogens with one attached hydrogen (secondary N) is 1. The molecule has 3 aromatic rings. The first-order chi connectivity index (χ1) is 16.7. The minimum atomic E-state index is -0.284. The maximum atomic E-state index is 12.9. The van der Waals surface area contributed by atoms with E-state index in [4.69, 9.17) is 5.73 Å². The van der Waals surface area contributed by atoms with Crippen molar-refractivity contribution in [2.75, 3.05) is 24.6 Å². The Hall–Kier alpha value is -3.94. The zero-order valence-electron chi connectivity index (χ0n) is 20.4. The van der Waals surface area contributed by atoms with Crippen LogP contribution < -0.4 is 11.1 Å². The highest BCUT2D eigenvalue weighted by Gasteiger charge is 2.45. The number of aryl methyl sites for hydroxylation is 1. The van der Waals surface area contributed by atoms with Crippen LogP contribution in [0.4, 0.5) is 11.5 Å². The molecule has 1 spiro atoms. The Morgan fingerprint density at radius 1 is 1.17 bits per heavy atom. The summed E-state index contributed by atoms with van der Waals surface area (Å²) in [4.78, 5) is 35.5. The molecule has 1 aliphatic heterocycles. The summed E-state index contributed by atoms with van der Waals surface area (Å²) in [5.74, 6) is 0.482. The minimum Gasteiger partial charge on any atom is -0.383 e. The largest absolute Gasteiger partial charge is 0.383 e. The van der Waals surface area contributed by atoms with Crippen LogP contribution in [0.1, 0.15) is 38.2 Å². The predicted octanol–water partition coefficient (Wildman–Crippen LogP) is 4.15. The molecule has 1 saturated heterocycles. The van der Waals surface area contributed by atoms with Crippen molar-refractivity contribution in [3.05, 3.63) is 54.4 Å². The lowest BCUT2D eigenvalue weighted by molar-refractivity contribution is -0.135. The highest BCUT2D eigenvalue weighted by molar-refractivity contribution is 6.05. The number of amides is 2. The van der Waals surface area contributed by atoms with E-state index in [0.717, 1.165) is 60.1 Å². The summed E-state index contributed by atoms with van der Waals surface area (Å²) in [7, 11) is 3.87. The normalized spacial score (nSPS) is 19.9. The van der Waals surface area contributed by atoms with Gasteiger partial charge >= 0.3 is 0 Å². The summed E-state index contributed by atoms with van der Waals surface area (Å²) < 4.78 is 2.05. The molecule has 1 atom stereocenters. The molecule has 2 amide bonds. The molecule has 0 bridgehead atoms. The van der Waals surface area contributed by atoms with Crippen LogP contribution in [0.15, 0.2) is 48.8 Å². The van der Waals surface area contributed by atoms with Gasteiger partial charge in [0, 0.05) is 37.5 Å². The number of nitrogens with zero attached hydrogens (tertiary/aromatic N) is 4. The van der Waals surface area contributed by atoms with Crippen LogP contribution in [0.2, 0.25) is 0 Å². The van der Waals surface area contributed by atoms with Crippen molar-refractivity contribution in [1.82, 2.24) is 19.4 Å². The second-order valence-corrected chi connectivity index (χ2v) is 9.74. The molecule has 180 valence electrons. The maximum Gasteiger partial charge on any atom is 0.250 e. The summed E-state index contributed by atoms with van der Waals surface area (Å²) in [5.41, 5.74) is 12.2. The van der Waals surface area contributed by atoms with Crippen LogP contribution in [0, 0.1) is 5.41 Å². The monoisotopic (exact) mass is 470 g/mol. The van der Waals surface area contributed by atoms with E-state index >= 15 is 0 Å². The van der Waals surface area contributed by atoms with Gasteiger partial charge in [-0.1, -0.05) is 24.8 Å². The predicted molar refractivity (Wildman–Crippen MR) is 138 cm³/mol. The molecule has 0 unspecified atom stereocenters. The minimum absolute atomic E-state index is 0.209. The third-order valence-electron chi connectivity index (χ3n) is 7.46. The van der Waals surface area contributed by atoms with Gasteiger partial charge in [0.25, 0.3) is 5.91 Å². The first-order valence-electron chi connectivity index (χ1n) is 11.8. The molecule has 5 rings (SSSR count). The quantitative estimate of drug-likeness (QED) is 0.557. The van der Waals surface area contributed by atoms with E-state index in [9.17, 15) is 9.59 Å². The van der Waals surface area contributed by atoms with Crippen LogP contribution in [0.25, 0.3) is 27.9 Å². The Morgan fingerprint density at radius 2 is 1.91 bits per heavy atom. The topological polar surface area (TPSA) is 106 Å². The molecule has 2 aliphatic rings. The molecular formula is C27H30N6O2. The van der Waals surface area contributed by atoms with Crippen molar-refractivity contribution in [2.24, 2.45) is 12.5 Å². The van der Waals surface area contributed by atoms with Gasteiger partial charge in [-0.25, -0.2) is 9.97 Å². The number of allylic oxidation sites excluding steroid dienone is 2. The van der Waals surface area contributed by atoms with Gasteiger partial charge in [0.1, 0.15) is 17.8 Å². The Bertz CT molecular complexity index is 1400. The number of fused-ring (bicyclic) bond motifs is 1. The number of hydrogen-bond acceptors (Lipinski definition) is 5. The molecule has 1 fully saturated rings. The lowest BCUT2D eigenvalue weighted by Crippen LogP contribution is -2.33. The highest BCUT2D eigenvalue weighted by Crippen LogP contribution is 2.49. The van der Waals surface area contributed by atoms with Gasteiger partial charge in [0.05, 0.1) is 16.5 Å². The van der Waals surface area contributed by atoms with Crippen LogP contribution in [-0.2, 0) is 16.6 Å². The molecule has 1 aliphatic carbocycles. The Labute approximate surface area is 204 Å². The zero-order chi connectivity index (χ0) is 24.9. The third-order valence-corrected chi connectivity index (χ3v) is 7.46. The van der Waals surface area contributed by atoms with E-state index in [0.29, 0.717) is 17.1 Å². The highest BCUT2D eigenvalue weighted by atomic mass is 16.2. The van der Waals surface area contributed by atoms with Crippen molar-refractivity contribution in [3.63, 3.8) is 0 Å². The molecule has 2 aromatic heterocycles. The number of benzene rings is 1. The van der Waals surface area contributed by atoms with E-state index < -0.39 is 0 Å².